The van der Waals surface area contributed by atoms with Crippen molar-refractivity contribution in [3.05, 3.63) is 101 Å². The SMILES string of the molecule is COc1ccccc1C(=O)NC1CCN(C(=O)[C@H]2CC[C@@](C(=O)N[C@H](C(=O)OC(C)(C)C)C(C)C)(c3ccccc3)c3ccccc32)CC1. The van der Waals surface area contributed by atoms with E-state index in [4.69, 9.17) is 9.47 Å². The molecule has 3 aromatic carbocycles. The number of para-hydroxylation sites is 1. The number of rotatable bonds is 9. The van der Waals surface area contributed by atoms with Crippen LogP contribution in [-0.2, 0) is 24.5 Å². The zero-order chi connectivity index (χ0) is 35.3. The van der Waals surface area contributed by atoms with E-state index < -0.39 is 28.9 Å². The van der Waals surface area contributed by atoms with Gasteiger partial charge in [0.2, 0.25) is 11.8 Å². The number of carbonyl (C=O) groups excluding carboxylic acids is 4. The van der Waals surface area contributed by atoms with Gasteiger partial charge in [0.05, 0.1) is 24.0 Å². The molecule has 2 N–H and O–H groups in total. The standard InChI is InChI=1S/C40H49N3O6/c1-26(2)34(37(46)49-39(3,4)5)42-38(47)40(27-14-8-7-9-15-27)23-20-30(29-16-10-12-18-32(29)40)36(45)43-24-21-28(22-25-43)41-35(44)31-17-11-13-19-33(31)48-6/h7-19,26,28,30,34H,20-25H2,1-6H3,(H,41,44)(H,42,47)/t30-,34-,40+/m0/s1. The molecule has 0 bridgehead atoms. The van der Waals surface area contributed by atoms with E-state index in [1.807, 2.05) is 100 Å². The van der Waals surface area contributed by atoms with Crippen molar-refractivity contribution in [3.63, 3.8) is 0 Å². The minimum Gasteiger partial charge on any atom is -0.496 e. The Morgan fingerprint density at radius 3 is 2.14 bits per heavy atom. The fourth-order valence-electron chi connectivity index (χ4n) is 7.17. The number of methoxy groups -OCH3 is 1. The highest BCUT2D eigenvalue weighted by Gasteiger charge is 2.50. The lowest BCUT2D eigenvalue weighted by Gasteiger charge is -2.43. The Hall–Kier alpha value is -4.66. The molecule has 49 heavy (non-hydrogen) atoms. The average Bonchev–Trinajstić information content (AvgIpc) is 3.09. The predicted octanol–water partition coefficient (Wildman–Crippen LogP) is 5.76. The van der Waals surface area contributed by atoms with Crippen molar-refractivity contribution in [2.45, 2.75) is 89.3 Å². The lowest BCUT2D eigenvalue weighted by atomic mass is 9.62. The molecule has 1 heterocycles. The van der Waals surface area contributed by atoms with Crippen molar-refractivity contribution in [1.29, 1.82) is 0 Å². The first-order chi connectivity index (χ1) is 23.4. The highest BCUT2D eigenvalue weighted by atomic mass is 16.6. The van der Waals surface area contributed by atoms with Gasteiger partial charge in [0, 0.05) is 19.1 Å². The van der Waals surface area contributed by atoms with Crippen molar-refractivity contribution in [2.75, 3.05) is 20.2 Å². The number of likely N-dealkylation sites (tertiary alicyclic amines) is 1. The molecule has 0 saturated carbocycles. The highest BCUT2D eigenvalue weighted by molar-refractivity contribution is 5.98. The topological polar surface area (TPSA) is 114 Å². The van der Waals surface area contributed by atoms with Gasteiger partial charge in [-0.3, -0.25) is 14.4 Å². The van der Waals surface area contributed by atoms with Crippen molar-refractivity contribution in [2.24, 2.45) is 5.92 Å². The Morgan fingerprint density at radius 2 is 1.49 bits per heavy atom. The Morgan fingerprint density at radius 1 is 0.857 bits per heavy atom. The van der Waals surface area contributed by atoms with Crippen molar-refractivity contribution in [1.82, 2.24) is 15.5 Å². The summed E-state index contributed by atoms with van der Waals surface area (Å²) in [4.78, 5) is 57.0. The number of carbonyl (C=O) groups is 4. The van der Waals surface area contributed by atoms with E-state index in [1.165, 1.54) is 0 Å². The molecule has 0 unspecified atom stereocenters. The Labute approximate surface area is 289 Å². The number of esters is 1. The van der Waals surface area contributed by atoms with Gasteiger partial charge in [-0.15, -0.1) is 0 Å². The van der Waals surface area contributed by atoms with E-state index in [-0.39, 0.29) is 29.7 Å². The molecular weight excluding hydrogens is 618 g/mol. The summed E-state index contributed by atoms with van der Waals surface area (Å²) in [5.41, 5.74) is 1.08. The average molecular weight is 668 g/mol. The quantitative estimate of drug-likeness (QED) is 0.281. The van der Waals surface area contributed by atoms with Gasteiger partial charge in [-0.25, -0.2) is 4.79 Å². The summed E-state index contributed by atoms with van der Waals surface area (Å²) in [7, 11) is 1.54. The molecule has 1 aliphatic carbocycles. The molecule has 3 aromatic rings. The summed E-state index contributed by atoms with van der Waals surface area (Å²) in [6.07, 6.45) is 2.12. The molecule has 0 aromatic heterocycles. The first-order valence-electron chi connectivity index (χ1n) is 17.3. The monoisotopic (exact) mass is 667 g/mol. The zero-order valence-corrected chi connectivity index (χ0v) is 29.5. The molecule has 0 radical (unpaired) electrons. The van der Waals surface area contributed by atoms with Crippen LogP contribution < -0.4 is 15.4 Å². The number of amides is 3. The number of fused-ring (bicyclic) bond motifs is 1. The van der Waals surface area contributed by atoms with E-state index >= 15 is 0 Å². The van der Waals surface area contributed by atoms with Crippen molar-refractivity contribution < 1.29 is 28.7 Å². The van der Waals surface area contributed by atoms with Crippen LogP contribution in [0.3, 0.4) is 0 Å². The third-order valence-corrected chi connectivity index (χ3v) is 9.66. The van der Waals surface area contributed by atoms with Crippen LogP contribution in [0.2, 0.25) is 0 Å². The van der Waals surface area contributed by atoms with Crippen LogP contribution in [0.15, 0.2) is 78.9 Å². The molecule has 5 rings (SSSR count). The van der Waals surface area contributed by atoms with Gasteiger partial charge in [0.25, 0.3) is 5.91 Å². The first-order valence-corrected chi connectivity index (χ1v) is 17.3. The number of ether oxygens (including phenoxy) is 2. The summed E-state index contributed by atoms with van der Waals surface area (Å²) in [6, 6.07) is 23.6. The van der Waals surface area contributed by atoms with Crippen LogP contribution in [0, 0.1) is 5.92 Å². The van der Waals surface area contributed by atoms with Gasteiger partial charge in [0.15, 0.2) is 0 Å². The predicted molar refractivity (Wildman–Crippen MR) is 188 cm³/mol. The number of nitrogens with zero attached hydrogens (tertiary/aromatic N) is 1. The molecule has 9 heteroatoms. The second-order valence-electron chi connectivity index (χ2n) is 14.5. The molecule has 1 saturated heterocycles. The number of hydrogen-bond donors (Lipinski definition) is 2. The lowest BCUT2D eigenvalue weighted by molar-refractivity contribution is -0.160. The maximum Gasteiger partial charge on any atom is 0.329 e. The number of hydrogen-bond acceptors (Lipinski definition) is 6. The van der Waals surface area contributed by atoms with Gasteiger partial charge in [-0.1, -0.05) is 80.6 Å². The van der Waals surface area contributed by atoms with Crippen molar-refractivity contribution in [3.8, 4) is 5.75 Å². The Balaban J connectivity index is 1.37. The summed E-state index contributed by atoms with van der Waals surface area (Å²) in [5, 5.41) is 6.20. The summed E-state index contributed by atoms with van der Waals surface area (Å²) in [5.74, 6) is -1.03. The fraction of sp³-hybridized carbons (Fsp3) is 0.450. The molecule has 1 fully saturated rings. The molecule has 9 nitrogen and oxygen atoms in total. The molecule has 3 amide bonds. The van der Waals surface area contributed by atoms with E-state index in [0.717, 1.165) is 16.7 Å². The van der Waals surface area contributed by atoms with Crippen LogP contribution >= 0.6 is 0 Å². The maximum absolute atomic E-state index is 14.7. The third-order valence-electron chi connectivity index (χ3n) is 9.66. The molecule has 3 atom stereocenters. The minimum atomic E-state index is -1.11. The Kier molecular flexibility index (Phi) is 10.8. The third kappa shape index (κ3) is 7.66. The van der Waals surface area contributed by atoms with Crippen molar-refractivity contribution >= 4 is 23.7 Å². The van der Waals surface area contributed by atoms with Crippen LogP contribution in [0.4, 0.5) is 0 Å². The van der Waals surface area contributed by atoms with Gasteiger partial charge in [-0.2, -0.15) is 0 Å². The van der Waals surface area contributed by atoms with E-state index in [1.54, 1.807) is 25.3 Å². The zero-order valence-electron chi connectivity index (χ0n) is 29.5. The van der Waals surface area contributed by atoms with Gasteiger partial charge in [0.1, 0.15) is 17.4 Å². The molecular formula is C40H49N3O6. The highest BCUT2D eigenvalue weighted by Crippen LogP contribution is 2.48. The number of nitrogens with one attached hydrogen (secondary N) is 2. The molecule has 0 spiro atoms. The summed E-state index contributed by atoms with van der Waals surface area (Å²) in [6.45, 7) is 10.2. The fourth-order valence-corrected chi connectivity index (χ4v) is 7.17. The van der Waals surface area contributed by atoms with Crippen LogP contribution in [0.5, 0.6) is 5.75 Å². The second-order valence-corrected chi connectivity index (χ2v) is 14.5. The smallest absolute Gasteiger partial charge is 0.329 e. The first kappa shape index (κ1) is 35.6. The molecule has 2 aliphatic rings. The largest absolute Gasteiger partial charge is 0.496 e. The van der Waals surface area contributed by atoms with Crippen LogP contribution in [0.1, 0.15) is 93.3 Å². The van der Waals surface area contributed by atoms with E-state index in [0.29, 0.717) is 50.1 Å². The van der Waals surface area contributed by atoms with Gasteiger partial charge >= 0.3 is 5.97 Å². The van der Waals surface area contributed by atoms with Crippen LogP contribution in [0.25, 0.3) is 0 Å². The minimum absolute atomic E-state index is 0.0258. The normalized spacial score (nSPS) is 20.1. The van der Waals surface area contributed by atoms with E-state index in [9.17, 15) is 19.2 Å². The lowest BCUT2D eigenvalue weighted by Crippen LogP contribution is -2.55. The number of benzene rings is 3. The molecule has 260 valence electrons. The summed E-state index contributed by atoms with van der Waals surface area (Å²) < 4.78 is 11.1. The second kappa shape index (κ2) is 14.8. The summed E-state index contributed by atoms with van der Waals surface area (Å²) >= 11 is 0. The molecule has 1 aliphatic heterocycles. The number of piperidine rings is 1. The van der Waals surface area contributed by atoms with E-state index in [2.05, 4.69) is 10.6 Å². The van der Waals surface area contributed by atoms with Gasteiger partial charge in [-0.05, 0) is 81.2 Å². The van der Waals surface area contributed by atoms with Gasteiger partial charge < -0.3 is 25.0 Å². The van der Waals surface area contributed by atoms with Crippen LogP contribution in [-0.4, -0.2) is 66.5 Å². The Bertz CT molecular complexity index is 1660. The maximum atomic E-state index is 14.7.